The summed E-state index contributed by atoms with van der Waals surface area (Å²) >= 11 is 0. The molecule has 3 fully saturated rings. The van der Waals surface area contributed by atoms with Crippen molar-refractivity contribution < 1.29 is 9.59 Å². The molecule has 6 heteroatoms. The topological polar surface area (TPSA) is 67.2 Å². The number of carbonyl (C=O) groups is 2. The average molecular weight is 535 g/mol. The molecule has 5 rings (SSSR count). The number of fused-ring (bicyclic) bond motifs is 1. The smallest absolute Gasteiger partial charge is 0.243 e. The highest BCUT2D eigenvalue weighted by Crippen LogP contribution is 2.31. The van der Waals surface area contributed by atoms with Crippen LogP contribution in [0, 0.1) is 5.92 Å². The van der Waals surface area contributed by atoms with Crippen LogP contribution in [0.5, 0.6) is 0 Å². The normalized spacial score (nSPS) is 19.8. The Labute approximate surface area is 235 Å². The Bertz CT molecular complexity index is 1040. The average Bonchev–Trinajstić information content (AvgIpc) is 3.33. The lowest BCUT2D eigenvalue weighted by Gasteiger charge is -2.42. The van der Waals surface area contributed by atoms with Crippen molar-refractivity contribution >= 4 is 22.8 Å². The second-order valence-electron chi connectivity index (χ2n) is 12.4. The summed E-state index contributed by atoms with van der Waals surface area (Å²) in [5.74, 6) is 1.82. The van der Waals surface area contributed by atoms with Crippen LogP contribution in [0.1, 0.15) is 121 Å². The van der Waals surface area contributed by atoms with Crippen molar-refractivity contribution in [3.8, 4) is 0 Å². The molecular weight excluding hydrogens is 484 g/mol. The number of amides is 2. The van der Waals surface area contributed by atoms with Gasteiger partial charge in [-0.1, -0.05) is 76.3 Å². The van der Waals surface area contributed by atoms with Gasteiger partial charge in [0.2, 0.25) is 11.8 Å². The zero-order valence-electron chi connectivity index (χ0n) is 24.0. The molecule has 1 N–H and O–H groups in total. The van der Waals surface area contributed by atoms with Gasteiger partial charge in [-0.05, 0) is 63.5 Å². The predicted octanol–water partition coefficient (Wildman–Crippen LogP) is 6.94. The van der Waals surface area contributed by atoms with E-state index in [1.807, 2.05) is 6.07 Å². The first-order valence-electron chi connectivity index (χ1n) is 16.2. The lowest BCUT2D eigenvalue weighted by atomic mass is 9.88. The monoisotopic (exact) mass is 534 g/mol. The molecule has 6 nitrogen and oxygen atoms in total. The SMILES string of the molecule is O=C(NCCCCCc1nc2ccccc2n1CC(=O)N(C1CCCCC1)C1CCCCC1)C1CCCCC1. The van der Waals surface area contributed by atoms with Crippen molar-refractivity contribution in [1.29, 1.82) is 0 Å². The lowest BCUT2D eigenvalue weighted by Crippen LogP contribution is -2.50. The third kappa shape index (κ3) is 7.43. The van der Waals surface area contributed by atoms with Gasteiger partial charge in [-0.2, -0.15) is 0 Å². The van der Waals surface area contributed by atoms with E-state index in [1.165, 1.54) is 57.8 Å². The maximum Gasteiger partial charge on any atom is 0.243 e. The summed E-state index contributed by atoms with van der Waals surface area (Å²) in [5, 5.41) is 3.17. The van der Waals surface area contributed by atoms with Crippen LogP contribution >= 0.6 is 0 Å². The van der Waals surface area contributed by atoms with E-state index >= 15 is 0 Å². The van der Waals surface area contributed by atoms with E-state index in [4.69, 9.17) is 4.98 Å². The third-order valence-electron chi connectivity index (χ3n) is 9.60. The molecular formula is C33H50N4O2. The highest BCUT2D eigenvalue weighted by molar-refractivity contribution is 5.81. The molecule has 214 valence electrons. The molecule has 2 amide bonds. The predicted molar refractivity (Wildman–Crippen MR) is 157 cm³/mol. The van der Waals surface area contributed by atoms with Gasteiger partial charge in [-0.3, -0.25) is 9.59 Å². The van der Waals surface area contributed by atoms with Crippen LogP contribution < -0.4 is 5.32 Å². The number of nitrogens with zero attached hydrogens (tertiary/aromatic N) is 3. The Kier molecular flexibility index (Phi) is 10.3. The number of hydrogen-bond donors (Lipinski definition) is 1. The number of aromatic nitrogens is 2. The van der Waals surface area contributed by atoms with Crippen LogP contribution in [0.4, 0.5) is 0 Å². The number of hydrogen-bond acceptors (Lipinski definition) is 3. The van der Waals surface area contributed by atoms with Crippen molar-refractivity contribution in [1.82, 2.24) is 19.8 Å². The molecule has 0 aliphatic heterocycles. The van der Waals surface area contributed by atoms with Crippen molar-refractivity contribution in [2.24, 2.45) is 5.92 Å². The van der Waals surface area contributed by atoms with Gasteiger partial charge in [0.1, 0.15) is 12.4 Å². The molecule has 3 aliphatic rings. The molecule has 39 heavy (non-hydrogen) atoms. The molecule has 0 bridgehead atoms. The van der Waals surface area contributed by atoms with Crippen molar-refractivity contribution in [2.45, 2.75) is 141 Å². The van der Waals surface area contributed by atoms with Crippen LogP contribution in [0.25, 0.3) is 11.0 Å². The largest absolute Gasteiger partial charge is 0.356 e. The summed E-state index contributed by atoms with van der Waals surface area (Å²) in [4.78, 5) is 33.8. The summed E-state index contributed by atoms with van der Waals surface area (Å²) < 4.78 is 2.21. The number of rotatable bonds is 11. The molecule has 0 spiro atoms. The number of unbranched alkanes of at least 4 members (excludes halogenated alkanes) is 2. The molecule has 0 unspecified atom stereocenters. The molecule has 0 radical (unpaired) electrons. The fourth-order valence-electron chi connectivity index (χ4n) is 7.44. The highest BCUT2D eigenvalue weighted by atomic mass is 16.2. The van der Waals surface area contributed by atoms with Crippen molar-refractivity contribution in [2.75, 3.05) is 6.54 Å². The number of benzene rings is 1. The minimum absolute atomic E-state index is 0.234. The third-order valence-corrected chi connectivity index (χ3v) is 9.60. The van der Waals surface area contributed by atoms with Crippen LogP contribution in [0.3, 0.4) is 0 Å². The van der Waals surface area contributed by atoms with E-state index in [2.05, 4.69) is 33.0 Å². The second kappa shape index (κ2) is 14.3. The number of carbonyl (C=O) groups excluding carboxylic acids is 2. The minimum Gasteiger partial charge on any atom is -0.356 e. The first kappa shape index (κ1) is 28.2. The summed E-state index contributed by atoms with van der Waals surface area (Å²) in [5.41, 5.74) is 2.06. The van der Waals surface area contributed by atoms with Gasteiger partial charge in [0.15, 0.2) is 0 Å². The molecule has 1 heterocycles. The zero-order valence-corrected chi connectivity index (χ0v) is 24.0. The van der Waals surface area contributed by atoms with E-state index in [1.54, 1.807) is 0 Å². The Hall–Kier alpha value is -2.37. The quantitative estimate of drug-likeness (QED) is 0.318. The Morgan fingerprint density at radius 2 is 1.41 bits per heavy atom. The fourth-order valence-corrected chi connectivity index (χ4v) is 7.44. The zero-order chi connectivity index (χ0) is 26.9. The Balaban J connectivity index is 1.20. The minimum atomic E-state index is 0.234. The molecule has 3 aliphatic carbocycles. The van der Waals surface area contributed by atoms with Crippen LogP contribution in [0.2, 0.25) is 0 Å². The second-order valence-corrected chi connectivity index (χ2v) is 12.4. The van der Waals surface area contributed by atoms with Gasteiger partial charge in [-0.25, -0.2) is 4.98 Å². The van der Waals surface area contributed by atoms with Crippen LogP contribution in [-0.4, -0.2) is 44.9 Å². The Morgan fingerprint density at radius 3 is 2.08 bits per heavy atom. The van der Waals surface area contributed by atoms with Gasteiger partial charge >= 0.3 is 0 Å². The summed E-state index contributed by atoms with van der Waals surface area (Å²) in [6.07, 6.45) is 22.0. The Morgan fingerprint density at radius 1 is 0.795 bits per heavy atom. The summed E-state index contributed by atoms with van der Waals surface area (Å²) in [6.45, 7) is 1.17. The molecule has 1 aromatic carbocycles. The van der Waals surface area contributed by atoms with Gasteiger partial charge in [0.25, 0.3) is 0 Å². The van der Waals surface area contributed by atoms with Crippen molar-refractivity contribution in [3.05, 3.63) is 30.1 Å². The first-order chi connectivity index (χ1) is 19.2. The van der Waals surface area contributed by atoms with E-state index in [9.17, 15) is 9.59 Å². The van der Waals surface area contributed by atoms with E-state index in [0.29, 0.717) is 24.5 Å². The molecule has 0 saturated heterocycles. The van der Waals surface area contributed by atoms with Gasteiger partial charge < -0.3 is 14.8 Å². The molecule has 0 atom stereocenters. The van der Waals surface area contributed by atoms with Crippen molar-refractivity contribution in [3.63, 3.8) is 0 Å². The highest BCUT2D eigenvalue weighted by Gasteiger charge is 2.33. The maximum atomic E-state index is 14.1. The van der Waals surface area contributed by atoms with E-state index < -0.39 is 0 Å². The number of imidazole rings is 1. The molecule has 3 saturated carbocycles. The van der Waals surface area contributed by atoms with E-state index in [0.717, 1.165) is 87.6 Å². The molecule has 2 aromatic rings. The maximum absolute atomic E-state index is 14.1. The van der Waals surface area contributed by atoms with Gasteiger partial charge in [0, 0.05) is 31.0 Å². The van der Waals surface area contributed by atoms with Crippen LogP contribution in [0.15, 0.2) is 24.3 Å². The number of nitrogens with one attached hydrogen (secondary N) is 1. The van der Waals surface area contributed by atoms with Crippen LogP contribution in [-0.2, 0) is 22.6 Å². The standard InChI is InChI=1S/C33H50N4O2/c38-32(37(27-17-7-2-8-18-27)28-19-9-3-10-20-28)25-36-30-22-13-12-21-29(30)35-31(36)23-11-4-14-24-34-33(39)26-15-5-1-6-16-26/h12-13,21-22,26-28H,1-11,14-20,23-25H2,(H,34,39). The summed E-state index contributed by atoms with van der Waals surface area (Å²) in [7, 11) is 0. The van der Waals surface area contributed by atoms with E-state index in [-0.39, 0.29) is 11.8 Å². The molecule has 1 aromatic heterocycles. The summed E-state index contributed by atoms with van der Waals surface area (Å²) in [6, 6.07) is 9.11. The van der Waals surface area contributed by atoms with Gasteiger partial charge in [0.05, 0.1) is 11.0 Å². The number of aryl methyl sites for hydroxylation is 1. The number of para-hydroxylation sites is 2. The first-order valence-corrected chi connectivity index (χ1v) is 16.2. The lowest BCUT2D eigenvalue weighted by molar-refractivity contribution is -0.138. The van der Waals surface area contributed by atoms with Gasteiger partial charge in [-0.15, -0.1) is 0 Å². The fraction of sp³-hybridized carbons (Fsp3) is 0.727.